The van der Waals surface area contributed by atoms with Crippen molar-refractivity contribution >= 4 is 17.3 Å². The predicted molar refractivity (Wildman–Crippen MR) is 94.7 cm³/mol. The van der Waals surface area contributed by atoms with Crippen LogP contribution in [0.4, 0.5) is 20.2 Å². The lowest BCUT2D eigenvalue weighted by Crippen LogP contribution is -2.40. The molecule has 1 aromatic rings. The molecule has 1 aromatic carbocycles. The second kappa shape index (κ2) is 5.58. The summed E-state index contributed by atoms with van der Waals surface area (Å²) in [4.78, 5) is 14.7. The number of rotatable bonds is 3. The van der Waals surface area contributed by atoms with Crippen LogP contribution in [0.25, 0.3) is 0 Å². The van der Waals surface area contributed by atoms with Gasteiger partial charge in [0.2, 0.25) is 5.76 Å². The summed E-state index contributed by atoms with van der Waals surface area (Å²) in [6.45, 7) is 1.11. The van der Waals surface area contributed by atoms with Gasteiger partial charge in [-0.1, -0.05) is 0 Å². The van der Waals surface area contributed by atoms with E-state index >= 15 is 4.39 Å². The van der Waals surface area contributed by atoms with Crippen LogP contribution in [0.1, 0.15) is 32.1 Å². The summed E-state index contributed by atoms with van der Waals surface area (Å²) in [6, 6.07) is 1.21. The number of halogens is 2. The van der Waals surface area contributed by atoms with Gasteiger partial charge >= 0.3 is 5.97 Å². The molecule has 2 unspecified atom stereocenters. The molecule has 144 valence electrons. The predicted octanol–water partition coefficient (Wildman–Crippen LogP) is 2.57. The molecular formula is C19H21F2N3O3. The summed E-state index contributed by atoms with van der Waals surface area (Å²) in [5.74, 6) is -3.11. The maximum absolute atomic E-state index is 15.5. The van der Waals surface area contributed by atoms with Crippen molar-refractivity contribution in [3.63, 3.8) is 0 Å². The van der Waals surface area contributed by atoms with E-state index in [1.54, 1.807) is 9.80 Å². The number of piperidine rings is 1. The topological polar surface area (TPSA) is 79.0 Å². The fourth-order valence-electron chi connectivity index (χ4n) is 4.46. The van der Waals surface area contributed by atoms with Crippen LogP contribution in [0.3, 0.4) is 0 Å². The van der Waals surface area contributed by atoms with Gasteiger partial charge in [0, 0.05) is 36.7 Å². The monoisotopic (exact) mass is 377 g/mol. The van der Waals surface area contributed by atoms with Crippen LogP contribution in [-0.2, 0) is 4.79 Å². The zero-order chi connectivity index (χ0) is 18.9. The number of carboxylic acids is 1. The summed E-state index contributed by atoms with van der Waals surface area (Å²) < 4.78 is 35.7. The fourth-order valence-corrected chi connectivity index (χ4v) is 4.46. The highest BCUT2D eigenvalue weighted by molar-refractivity contribution is 5.88. The Hall–Kier alpha value is -2.35. The molecule has 0 radical (unpaired) electrons. The third-order valence-corrected chi connectivity index (χ3v) is 6.20. The van der Waals surface area contributed by atoms with E-state index in [0.29, 0.717) is 13.1 Å². The smallest absolute Gasteiger partial charge is 0.373 e. The molecule has 1 spiro atoms. The van der Waals surface area contributed by atoms with Crippen molar-refractivity contribution in [1.29, 1.82) is 0 Å². The highest BCUT2D eigenvalue weighted by Crippen LogP contribution is 2.53. The molecule has 0 aromatic heterocycles. The van der Waals surface area contributed by atoms with Crippen molar-refractivity contribution in [1.82, 2.24) is 0 Å². The van der Waals surface area contributed by atoms with Crippen LogP contribution in [-0.4, -0.2) is 36.2 Å². The number of carbonyl (C=O) groups is 1. The Bertz CT molecular complexity index is 870. The van der Waals surface area contributed by atoms with E-state index in [4.69, 9.17) is 10.5 Å². The Balaban J connectivity index is 1.57. The SMILES string of the molecule is NC1CC12CCCN(c1c(F)cc3c(c1F)N(C1CC1)C=C(C(=O)O)O3)C2. The molecule has 3 N–H and O–H groups in total. The Morgan fingerprint density at radius 3 is 2.70 bits per heavy atom. The number of ether oxygens (including phenoxy) is 1. The standard InChI is InChI=1S/C19H21F2N3O3/c20-11-6-12-17(24(10-2-3-10)8-13(27-12)18(25)26)15(21)16(11)23-5-1-4-19(9-23)7-14(19)22/h6,8,10,14H,1-5,7,9,22H2,(H,25,26). The number of hydrogen-bond acceptors (Lipinski definition) is 5. The van der Waals surface area contributed by atoms with E-state index in [1.165, 1.54) is 6.20 Å². The summed E-state index contributed by atoms with van der Waals surface area (Å²) in [6.07, 6.45) is 5.69. The minimum absolute atomic E-state index is 0.0133. The summed E-state index contributed by atoms with van der Waals surface area (Å²) in [7, 11) is 0. The lowest BCUT2D eigenvalue weighted by Gasteiger charge is -2.37. The van der Waals surface area contributed by atoms with Gasteiger partial charge in [-0.3, -0.25) is 0 Å². The number of fused-ring (bicyclic) bond motifs is 1. The molecular weight excluding hydrogens is 356 g/mol. The average molecular weight is 377 g/mol. The first kappa shape index (κ1) is 16.8. The van der Waals surface area contributed by atoms with E-state index in [2.05, 4.69) is 0 Å². The van der Waals surface area contributed by atoms with Gasteiger partial charge in [-0.05, 0) is 32.1 Å². The number of hydrogen-bond donors (Lipinski definition) is 2. The Morgan fingerprint density at radius 2 is 2.07 bits per heavy atom. The Labute approximate surface area is 155 Å². The van der Waals surface area contributed by atoms with Gasteiger partial charge in [0.1, 0.15) is 11.4 Å². The minimum Gasteiger partial charge on any atom is -0.475 e. The second-order valence-electron chi connectivity index (χ2n) is 8.10. The van der Waals surface area contributed by atoms with Crippen molar-refractivity contribution in [2.75, 3.05) is 22.9 Å². The lowest BCUT2D eigenvalue weighted by molar-refractivity contribution is -0.135. The highest BCUT2D eigenvalue weighted by Gasteiger charge is 2.54. The van der Waals surface area contributed by atoms with E-state index in [-0.39, 0.29) is 40.4 Å². The van der Waals surface area contributed by atoms with Gasteiger partial charge in [0.05, 0.1) is 6.20 Å². The van der Waals surface area contributed by atoms with Crippen LogP contribution in [0.15, 0.2) is 18.0 Å². The van der Waals surface area contributed by atoms with E-state index in [1.807, 2.05) is 0 Å². The molecule has 1 saturated heterocycles. The molecule has 2 aliphatic heterocycles. The molecule has 6 nitrogen and oxygen atoms in total. The highest BCUT2D eigenvalue weighted by atomic mass is 19.1. The average Bonchev–Trinajstić information content (AvgIpc) is 3.53. The van der Waals surface area contributed by atoms with Gasteiger partial charge in [-0.25, -0.2) is 13.6 Å². The molecule has 2 saturated carbocycles. The van der Waals surface area contributed by atoms with Gasteiger partial charge in [-0.2, -0.15) is 0 Å². The molecule has 2 atom stereocenters. The molecule has 5 rings (SSSR count). The number of nitrogens with zero attached hydrogens (tertiary/aromatic N) is 2. The molecule has 0 bridgehead atoms. The number of benzene rings is 1. The fraction of sp³-hybridized carbons (Fsp3) is 0.526. The van der Waals surface area contributed by atoms with Gasteiger partial charge in [0.15, 0.2) is 17.4 Å². The van der Waals surface area contributed by atoms with Crippen molar-refractivity contribution in [3.8, 4) is 5.75 Å². The number of nitrogens with two attached hydrogens (primary N) is 1. The third-order valence-electron chi connectivity index (χ3n) is 6.20. The number of anilines is 2. The largest absolute Gasteiger partial charge is 0.475 e. The zero-order valence-electron chi connectivity index (χ0n) is 14.8. The first-order chi connectivity index (χ1) is 12.9. The van der Waals surface area contributed by atoms with Crippen molar-refractivity contribution in [3.05, 3.63) is 29.7 Å². The van der Waals surface area contributed by atoms with Gasteiger partial charge < -0.3 is 25.4 Å². The minimum atomic E-state index is -1.27. The van der Waals surface area contributed by atoms with Crippen molar-refractivity contribution < 1.29 is 23.4 Å². The summed E-state index contributed by atoms with van der Waals surface area (Å²) >= 11 is 0. The molecule has 2 heterocycles. The Morgan fingerprint density at radius 1 is 1.33 bits per heavy atom. The van der Waals surface area contributed by atoms with Crippen LogP contribution in [0, 0.1) is 17.0 Å². The Kier molecular flexibility index (Phi) is 3.47. The normalized spacial score (nSPS) is 29.3. The summed E-state index contributed by atoms with van der Waals surface area (Å²) in [5.41, 5.74) is 6.10. The van der Waals surface area contributed by atoms with E-state index in [0.717, 1.165) is 38.2 Å². The third kappa shape index (κ3) is 2.57. The maximum Gasteiger partial charge on any atom is 0.373 e. The van der Waals surface area contributed by atoms with Gasteiger partial charge in [0.25, 0.3) is 0 Å². The van der Waals surface area contributed by atoms with Crippen molar-refractivity contribution in [2.24, 2.45) is 11.1 Å². The number of carboxylic acid groups (broad SMARTS) is 1. The maximum atomic E-state index is 15.5. The lowest BCUT2D eigenvalue weighted by atomic mass is 9.93. The van der Waals surface area contributed by atoms with Crippen LogP contribution >= 0.6 is 0 Å². The number of aliphatic carboxylic acids is 1. The second-order valence-corrected chi connectivity index (χ2v) is 8.10. The molecule has 3 fully saturated rings. The van der Waals surface area contributed by atoms with Gasteiger partial charge in [-0.15, -0.1) is 0 Å². The molecule has 0 amide bonds. The van der Waals surface area contributed by atoms with E-state index in [9.17, 15) is 14.3 Å². The molecule has 27 heavy (non-hydrogen) atoms. The quantitative estimate of drug-likeness (QED) is 0.843. The molecule has 2 aliphatic carbocycles. The van der Waals surface area contributed by atoms with Crippen LogP contribution in [0.5, 0.6) is 5.75 Å². The first-order valence-electron chi connectivity index (χ1n) is 9.33. The zero-order valence-corrected chi connectivity index (χ0v) is 14.8. The molecule has 8 heteroatoms. The molecule has 4 aliphatic rings. The van der Waals surface area contributed by atoms with Crippen LogP contribution in [0.2, 0.25) is 0 Å². The summed E-state index contributed by atoms with van der Waals surface area (Å²) in [5, 5.41) is 9.24. The first-order valence-corrected chi connectivity index (χ1v) is 9.33. The van der Waals surface area contributed by atoms with E-state index < -0.39 is 17.6 Å². The van der Waals surface area contributed by atoms with Crippen molar-refractivity contribution in [2.45, 2.75) is 44.2 Å². The van der Waals surface area contributed by atoms with Crippen LogP contribution < -0.4 is 20.3 Å².